The molecule has 7 heteroatoms. The van der Waals surface area contributed by atoms with Gasteiger partial charge in [0.05, 0.1) is 13.1 Å². The van der Waals surface area contributed by atoms with Gasteiger partial charge in [0.1, 0.15) is 11.6 Å². The third kappa shape index (κ3) is 4.78. The summed E-state index contributed by atoms with van der Waals surface area (Å²) in [6.45, 7) is 8.69. The van der Waals surface area contributed by atoms with Gasteiger partial charge in [0.15, 0.2) is 0 Å². The fraction of sp³-hybridized carbons (Fsp3) is 0.714. The molecule has 0 spiro atoms. The first-order chi connectivity index (χ1) is 12.9. The third-order valence-corrected chi connectivity index (χ3v) is 6.09. The summed E-state index contributed by atoms with van der Waals surface area (Å²) in [5.74, 6) is -0.373. The van der Waals surface area contributed by atoms with Gasteiger partial charge in [0.2, 0.25) is 11.8 Å². The van der Waals surface area contributed by atoms with Crippen molar-refractivity contribution in [3.8, 4) is 0 Å². The summed E-state index contributed by atoms with van der Waals surface area (Å²) in [6.07, 6.45) is 5.11. The molecular formula is C21H34ClN3O3. The van der Waals surface area contributed by atoms with Crippen molar-refractivity contribution in [1.29, 1.82) is 0 Å². The minimum Gasteiger partial charge on any atom is -0.383 e. The van der Waals surface area contributed by atoms with Crippen LogP contribution in [0.2, 0.25) is 0 Å². The molecule has 0 saturated carbocycles. The van der Waals surface area contributed by atoms with Crippen molar-refractivity contribution in [3.63, 3.8) is 0 Å². The summed E-state index contributed by atoms with van der Waals surface area (Å²) in [4.78, 5) is 28.9. The number of allylic oxidation sites excluding steroid dienone is 3. The number of amides is 2. The summed E-state index contributed by atoms with van der Waals surface area (Å²) >= 11 is 6.07. The molecule has 1 saturated heterocycles. The maximum atomic E-state index is 13.3. The van der Waals surface area contributed by atoms with Crippen molar-refractivity contribution in [2.45, 2.75) is 52.2 Å². The number of rotatable bonds is 6. The minimum absolute atomic E-state index is 0.0500. The van der Waals surface area contributed by atoms with Crippen LogP contribution in [0.5, 0.6) is 0 Å². The Hall–Kier alpha value is -1.37. The highest BCUT2D eigenvalue weighted by Crippen LogP contribution is 2.46. The van der Waals surface area contributed by atoms with E-state index in [0.29, 0.717) is 19.4 Å². The molecule has 2 atom stereocenters. The van der Waals surface area contributed by atoms with Crippen LogP contribution < -0.4 is 5.32 Å². The molecule has 1 heterocycles. The Morgan fingerprint density at radius 3 is 2.39 bits per heavy atom. The molecule has 1 aliphatic heterocycles. The maximum Gasteiger partial charge on any atom is 0.245 e. The van der Waals surface area contributed by atoms with E-state index in [1.807, 2.05) is 53.9 Å². The van der Waals surface area contributed by atoms with Crippen LogP contribution in [0, 0.1) is 11.3 Å². The van der Waals surface area contributed by atoms with E-state index in [9.17, 15) is 14.7 Å². The largest absolute Gasteiger partial charge is 0.383 e. The van der Waals surface area contributed by atoms with Crippen molar-refractivity contribution in [2.75, 3.05) is 33.7 Å². The standard InChI is InChI=1S/C21H34ClN3O3/c1-14(2)18(23-17(26)11-24(5)6)19(27)25-12-20(3,4)21(28,13-25)15-7-9-16(22)10-8-15/h7,9,14,18,28H,8,10-13H2,1-6H3,(H,23,26)/t18-,21+/m1/s1. The molecule has 2 N–H and O–H groups in total. The van der Waals surface area contributed by atoms with Crippen LogP contribution in [0.25, 0.3) is 0 Å². The molecule has 28 heavy (non-hydrogen) atoms. The monoisotopic (exact) mass is 411 g/mol. The van der Waals surface area contributed by atoms with Crippen LogP contribution in [0.1, 0.15) is 40.5 Å². The number of hydrogen-bond donors (Lipinski definition) is 2. The highest BCUT2D eigenvalue weighted by Gasteiger charge is 2.55. The average molecular weight is 412 g/mol. The van der Waals surface area contributed by atoms with E-state index in [4.69, 9.17) is 11.6 Å². The second-order valence-corrected chi connectivity index (χ2v) is 9.76. The lowest BCUT2D eigenvalue weighted by Crippen LogP contribution is -2.53. The number of nitrogens with zero attached hydrogens (tertiary/aromatic N) is 2. The van der Waals surface area contributed by atoms with Gasteiger partial charge in [-0.3, -0.25) is 9.59 Å². The summed E-state index contributed by atoms with van der Waals surface area (Å²) in [7, 11) is 3.63. The summed E-state index contributed by atoms with van der Waals surface area (Å²) < 4.78 is 0. The van der Waals surface area contributed by atoms with Gasteiger partial charge in [-0.05, 0) is 44.5 Å². The molecule has 0 radical (unpaired) electrons. The van der Waals surface area contributed by atoms with Crippen molar-refractivity contribution in [3.05, 3.63) is 22.8 Å². The molecule has 0 aromatic heterocycles. The van der Waals surface area contributed by atoms with Gasteiger partial charge < -0.3 is 20.2 Å². The van der Waals surface area contributed by atoms with Gasteiger partial charge in [-0.1, -0.05) is 45.4 Å². The predicted octanol–water partition coefficient (Wildman–Crippen LogP) is 2.13. The molecule has 0 unspecified atom stereocenters. The van der Waals surface area contributed by atoms with E-state index in [2.05, 4.69) is 5.32 Å². The molecule has 2 aliphatic rings. The summed E-state index contributed by atoms with van der Waals surface area (Å²) in [5.41, 5.74) is -0.692. The first-order valence-corrected chi connectivity index (χ1v) is 10.3. The number of β-amino-alcohol motifs (C(OH)–C–C–N with tert-alkyl or cyclic N) is 1. The lowest BCUT2D eigenvalue weighted by atomic mass is 9.71. The summed E-state index contributed by atoms with van der Waals surface area (Å²) in [5, 5.41) is 15.2. The van der Waals surface area contributed by atoms with E-state index in [-0.39, 0.29) is 30.8 Å². The molecule has 1 fully saturated rings. The number of carbonyl (C=O) groups excluding carboxylic acids is 2. The van der Waals surface area contributed by atoms with E-state index in [1.54, 1.807) is 9.80 Å². The number of halogens is 1. The molecule has 2 rings (SSSR count). The maximum absolute atomic E-state index is 13.3. The van der Waals surface area contributed by atoms with E-state index >= 15 is 0 Å². The summed E-state index contributed by atoms with van der Waals surface area (Å²) in [6, 6.07) is -0.611. The van der Waals surface area contributed by atoms with Crippen LogP contribution in [0.4, 0.5) is 0 Å². The SMILES string of the molecule is CC(C)[C@@H](NC(=O)CN(C)C)C(=O)N1CC(C)(C)[C@@](O)(C2=CC=C(Cl)CC2)C1. The second kappa shape index (κ2) is 8.56. The van der Waals surface area contributed by atoms with Crippen molar-refractivity contribution >= 4 is 23.4 Å². The molecule has 0 aromatic carbocycles. The lowest BCUT2D eigenvalue weighted by Gasteiger charge is -2.38. The quantitative estimate of drug-likeness (QED) is 0.702. The Labute approximate surface area is 173 Å². The number of hydrogen-bond acceptors (Lipinski definition) is 4. The second-order valence-electron chi connectivity index (χ2n) is 9.27. The number of aliphatic hydroxyl groups is 1. The van der Waals surface area contributed by atoms with Crippen LogP contribution in [0.3, 0.4) is 0 Å². The third-order valence-electron chi connectivity index (χ3n) is 5.78. The van der Waals surface area contributed by atoms with Gasteiger partial charge in [-0.2, -0.15) is 0 Å². The fourth-order valence-electron chi connectivity index (χ4n) is 4.02. The molecule has 1 aliphatic carbocycles. The number of likely N-dealkylation sites (tertiary alicyclic amines) is 1. The lowest BCUT2D eigenvalue weighted by molar-refractivity contribution is -0.137. The number of nitrogens with one attached hydrogen (secondary N) is 1. The van der Waals surface area contributed by atoms with Crippen LogP contribution in [-0.2, 0) is 9.59 Å². The van der Waals surface area contributed by atoms with Crippen molar-refractivity contribution < 1.29 is 14.7 Å². The van der Waals surface area contributed by atoms with Crippen molar-refractivity contribution in [2.24, 2.45) is 11.3 Å². The Balaban J connectivity index is 2.20. The molecule has 0 aromatic rings. The Morgan fingerprint density at radius 2 is 1.89 bits per heavy atom. The first-order valence-electron chi connectivity index (χ1n) is 9.88. The van der Waals surface area contributed by atoms with E-state index in [0.717, 1.165) is 10.6 Å². The Morgan fingerprint density at radius 1 is 1.25 bits per heavy atom. The number of carbonyl (C=O) groups is 2. The normalized spacial score (nSPS) is 25.6. The predicted molar refractivity (Wildman–Crippen MR) is 112 cm³/mol. The Bertz CT molecular complexity index is 684. The molecule has 2 amide bonds. The first kappa shape index (κ1) is 22.9. The topological polar surface area (TPSA) is 72.9 Å². The number of likely N-dealkylation sites (N-methyl/N-ethyl adjacent to an activating group) is 1. The highest BCUT2D eigenvalue weighted by atomic mass is 35.5. The zero-order valence-electron chi connectivity index (χ0n) is 17.9. The highest BCUT2D eigenvalue weighted by molar-refractivity contribution is 6.29. The van der Waals surface area contributed by atoms with Gasteiger partial charge >= 0.3 is 0 Å². The zero-order chi connectivity index (χ0) is 21.3. The molecule has 158 valence electrons. The molecular weight excluding hydrogens is 378 g/mol. The van der Waals surface area contributed by atoms with Crippen LogP contribution in [0.15, 0.2) is 22.8 Å². The van der Waals surface area contributed by atoms with E-state index < -0.39 is 17.1 Å². The molecule has 0 bridgehead atoms. The zero-order valence-corrected chi connectivity index (χ0v) is 18.6. The Kier molecular flexibility index (Phi) is 7.00. The smallest absolute Gasteiger partial charge is 0.245 e. The van der Waals surface area contributed by atoms with Gasteiger partial charge in [0, 0.05) is 17.0 Å². The van der Waals surface area contributed by atoms with Crippen LogP contribution >= 0.6 is 11.6 Å². The van der Waals surface area contributed by atoms with Gasteiger partial charge in [0.25, 0.3) is 0 Å². The fourth-order valence-corrected chi connectivity index (χ4v) is 4.18. The average Bonchev–Trinajstić information content (AvgIpc) is 2.82. The van der Waals surface area contributed by atoms with E-state index in [1.165, 1.54) is 0 Å². The minimum atomic E-state index is -1.11. The van der Waals surface area contributed by atoms with Gasteiger partial charge in [-0.25, -0.2) is 0 Å². The van der Waals surface area contributed by atoms with Crippen LogP contribution in [-0.4, -0.2) is 72.1 Å². The molecule has 6 nitrogen and oxygen atoms in total. The van der Waals surface area contributed by atoms with Gasteiger partial charge in [-0.15, -0.1) is 0 Å². The van der Waals surface area contributed by atoms with Crippen molar-refractivity contribution in [1.82, 2.24) is 15.1 Å².